The van der Waals surface area contributed by atoms with Gasteiger partial charge in [0.05, 0.1) is 6.61 Å². The number of nitrogens with zero attached hydrogens (tertiary/aromatic N) is 2. The molecule has 0 bridgehead atoms. The molecule has 5 nitrogen and oxygen atoms in total. The van der Waals surface area contributed by atoms with Crippen LogP contribution < -0.4 is 5.56 Å². The highest BCUT2D eigenvalue weighted by Crippen LogP contribution is 2.28. The molecule has 24 heavy (non-hydrogen) atoms. The maximum Gasteiger partial charge on any atom is 0.331 e. The third kappa shape index (κ3) is 5.22. The van der Waals surface area contributed by atoms with E-state index in [2.05, 4.69) is 0 Å². The molecule has 0 aliphatic rings. The summed E-state index contributed by atoms with van der Waals surface area (Å²) in [5.41, 5.74) is -0.108. The smallest absolute Gasteiger partial charge is 0.331 e. The van der Waals surface area contributed by atoms with Gasteiger partial charge in [-0.3, -0.25) is 18.7 Å². The third-order valence-corrected chi connectivity index (χ3v) is 4.10. The number of alkyl halides is 2. The van der Waals surface area contributed by atoms with E-state index >= 15 is 0 Å². The number of rotatable bonds is 9. The maximum absolute atomic E-state index is 14.4. The molecule has 136 valence electrons. The Bertz CT molecular complexity index is 683. The zero-order chi connectivity index (χ0) is 18.3. The highest BCUT2D eigenvalue weighted by molar-refractivity contribution is 7.71. The number of esters is 1. The highest BCUT2D eigenvalue weighted by atomic mass is 32.1. The van der Waals surface area contributed by atoms with Gasteiger partial charge in [-0.15, -0.1) is 0 Å². The van der Waals surface area contributed by atoms with Crippen molar-refractivity contribution >= 4 is 18.2 Å². The average Bonchev–Trinajstić information content (AvgIpc) is 2.54. The van der Waals surface area contributed by atoms with Crippen molar-refractivity contribution in [2.45, 2.75) is 65.5 Å². The summed E-state index contributed by atoms with van der Waals surface area (Å²) in [6.45, 7) is 5.38. The number of carbonyl (C=O) groups excluding carboxylic acids is 1. The van der Waals surface area contributed by atoms with E-state index in [0.717, 1.165) is 6.20 Å². The fraction of sp³-hybridized carbons (Fsp3) is 0.688. The van der Waals surface area contributed by atoms with Gasteiger partial charge in [0.2, 0.25) is 0 Å². The molecule has 0 saturated heterocycles. The summed E-state index contributed by atoms with van der Waals surface area (Å²) in [7, 11) is 0. The predicted octanol–water partition coefficient (Wildman–Crippen LogP) is 3.77. The topological polar surface area (TPSA) is 53.2 Å². The van der Waals surface area contributed by atoms with Gasteiger partial charge in [0.15, 0.2) is 4.77 Å². The molecule has 0 aliphatic heterocycles. The molecule has 0 radical (unpaired) electrons. The van der Waals surface area contributed by atoms with Gasteiger partial charge < -0.3 is 4.74 Å². The number of hydrogen-bond acceptors (Lipinski definition) is 4. The Balaban J connectivity index is 2.69. The van der Waals surface area contributed by atoms with Crippen molar-refractivity contribution in [1.82, 2.24) is 9.13 Å². The van der Waals surface area contributed by atoms with Gasteiger partial charge in [-0.2, -0.15) is 8.78 Å². The Kier molecular flexibility index (Phi) is 7.72. The minimum absolute atomic E-state index is 0.171. The van der Waals surface area contributed by atoms with Crippen LogP contribution in [0.25, 0.3) is 0 Å². The summed E-state index contributed by atoms with van der Waals surface area (Å²) in [5.74, 6) is -0.288. The van der Waals surface area contributed by atoms with E-state index in [1.807, 2.05) is 0 Å². The van der Waals surface area contributed by atoms with Crippen LogP contribution in [-0.2, 0) is 22.1 Å². The summed E-state index contributed by atoms with van der Waals surface area (Å²) in [5, 5.41) is 0. The number of aromatic nitrogens is 2. The SMILES string of the molecule is CCC(=O)OCCCCCC(F)(F)n1cc(C)c(=O)n(CC)c1=S. The van der Waals surface area contributed by atoms with Gasteiger partial charge in [-0.05, 0) is 45.3 Å². The van der Waals surface area contributed by atoms with Gasteiger partial charge in [-0.1, -0.05) is 6.92 Å². The molecule has 1 aromatic heterocycles. The summed E-state index contributed by atoms with van der Waals surface area (Å²) >= 11 is 5.04. The van der Waals surface area contributed by atoms with Crippen molar-refractivity contribution in [3.05, 3.63) is 26.9 Å². The van der Waals surface area contributed by atoms with Crippen LogP contribution in [-0.4, -0.2) is 21.7 Å². The van der Waals surface area contributed by atoms with Crippen molar-refractivity contribution in [2.75, 3.05) is 6.61 Å². The van der Waals surface area contributed by atoms with E-state index in [4.69, 9.17) is 17.0 Å². The van der Waals surface area contributed by atoms with E-state index in [1.54, 1.807) is 13.8 Å². The molecular formula is C16H24F2N2O3S. The third-order valence-electron chi connectivity index (χ3n) is 3.68. The number of ether oxygens (including phenoxy) is 1. The minimum Gasteiger partial charge on any atom is -0.466 e. The molecule has 1 heterocycles. The summed E-state index contributed by atoms with van der Waals surface area (Å²) in [6, 6.07) is -3.16. The zero-order valence-corrected chi connectivity index (χ0v) is 15.1. The molecule has 0 N–H and O–H groups in total. The summed E-state index contributed by atoms with van der Waals surface area (Å²) in [4.78, 5) is 22.9. The van der Waals surface area contributed by atoms with Crippen molar-refractivity contribution in [2.24, 2.45) is 0 Å². The van der Waals surface area contributed by atoms with E-state index in [9.17, 15) is 18.4 Å². The molecule has 0 amide bonds. The number of carbonyl (C=O) groups is 1. The van der Waals surface area contributed by atoms with E-state index in [-0.39, 0.29) is 47.9 Å². The second kappa shape index (κ2) is 9.05. The van der Waals surface area contributed by atoms with Gasteiger partial charge in [0.25, 0.3) is 5.56 Å². The molecule has 0 fully saturated rings. The van der Waals surface area contributed by atoms with E-state index in [1.165, 1.54) is 11.5 Å². The minimum atomic E-state index is -3.16. The molecule has 1 aromatic rings. The van der Waals surface area contributed by atoms with Crippen LogP contribution in [0.3, 0.4) is 0 Å². The lowest BCUT2D eigenvalue weighted by atomic mass is 10.1. The molecule has 1 rings (SSSR count). The van der Waals surface area contributed by atoms with Gasteiger partial charge >= 0.3 is 12.0 Å². The lowest BCUT2D eigenvalue weighted by Gasteiger charge is -2.22. The zero-order valence-electron chi connectivity index (χ0n) is 14.3. The van der Waals surface area contributed by atoms with Crippen LogP contribution in [0.1, 0.15) is 51.5 Å². The Morgan fingerprint density at radius 2 is 1.96 bits per heavy atom. The molecule has 0 unspecified atom stereocenters. The van der Waals surface area contributed by atoms with Crippen LogP contribution in [0, 0.1) is 11.7 Å². The predicted molar refractivity (Wildman–Crippen MR) is 89.8 cm³/mol. The molecular weight excluding hydrogens is 338 g/mol. The summed E-state index contributed by atoms with van der Waals surface area (Å²) < 4.78 is 35.5. The molecule has 0 aromatic carbocycles. The number of hydrogen-bond donors (Lipinski definition) is 0. The second-order valence-electron chi connectivity index (χ2n) is 5.56. The normalized spacial score (nSPS) is 11.5. The van der Waals surface area contributed by atoms with Crippen LogP contribution in [0.5, 0.6) is 0 Å². The van der Waals surface area contributed by atoms with Crippen molar-refractivity contribution in [1.29, 1.82) is 0 Å². The van der Waals surface area contributed by atoms with Gasteiger partial charge in [-0.25, -0.2) is 0 Å². The maximum atomic E-state index is 14.4. The molecule has 0 saturated carbocycles. The van der Waals surface area contributed by atoms with Crippen molar-refractivity contribution in [3.8, 4) is 0 Å². The van der Waals surface area contributed by atoms with E-state index in [0.29, 0.717) is 23.8 Å². The van der Waals surface area contributed by atoms with Crippen LogP contribution in [0.2, 0.25) is 0 Å². The first-order valence-electron chi connectivity index (χ1n) is 8.11. The number of aryl methyl sites for hydroxylation is 1. The van der Waals surface area contributed by atoms with E-state index < -0.39 is 6.05 Å². The Morgan fingerprint density at radius 1 is 1.29 bits per heavy atom. The monoisotopic (exact) mass is 362 g/mol. The average molecular weight is 362 g/mol. The van der Waals surface area contributed by atoms with Crippen LogP contribution in [0.15, 0.2) is 11.0 Å². The Morgan fingerprint density at radius 3 is 2.54 bits per heavy atom. The Hall–Kier alpha value is -1.57. The Labute approximate surface area is 145 Å². The number of unbranched alkanes of at least 4 members (excludes halogenated alkanes) is 2. The van der Waals surface area contributed by atoms with Gasteiger partial charge in [0, 0.05) is 31.1 Å². The summed E-state index contributed by atoms with van der Waals surface area (Å²) in [6.07, 6.45) is 2.38. The van der Waals surface area contributed by atoms with Crippen molar-refractivity contribution < 1.29 is 18.3 Å². The number of halogens is 2. The molecule has 0 atom stereocenters. The first-order chi connectivity index (χ1) is 11.2. The first-order valence-corrected chi connectivity index (χ1v) is 8.52. The standard InChI is InChI=1S/C16H24F2N2O3S/c1-4-13(21)23-10-8-6-7-9-16(17,18)20-11-12(3)14(22)19(5-2)15(20)24/h11H,4-10H2,1-3H3. The molecule has 0 spiro atoms. The fourth-order valence-electron chi connectivity index (χ4n) is 2.27. The van der Waals surface area contributed by atoms with Crippen LogP contribution >= 0.6 is 12.2 Å². The highest BCUT2D eigenvalue weighted by Gasteiger charge is 2.31. The molecule has 0 aliphatic carbocycles. The largest absolute Gasteiger partial charge is 0.466 e. The first kappa shape index (κ1) is 20.5. The van der Waals surface area contributed by atoms with Gasteiger partial charge in [0.1, 0.15) is 0 Å². The fourth-order valence-corrected chi connectivity index (χ4v) is 2.67. The van der Waals surface area contributed by atoms with Crippen molar-refractivity contribution in [3.63, 3.8) is 0 Å². The lowest BCUT2D eigenvalue weighted by molar-refractivity contribution is -0.143. The molecule has 8 heteroatoms. The lowest BCUT2D eigenvalue weighted by Crippen LogP contribution is -2.32. The quantitative estimate of drug-likeness (QED) is 0.381. The second-order valence-corrected chi connectivity index (χ2v) is 5.93. The van der Waals surface area contributed by atoms with Crippen LogP contribution in [0.4, 0.5) is 8.78 Å².